The summed E-state index contributed by atoms with van der Waals surface area (Å²) in [5, 5.41) is 2.73. The van der Waals surface area contributed by atoms with Crippen molar-refractivity contribution in [3.63, 3.8) is 0 Å². The molecule has 0 saturated carbocycles. The second-order valence-corrected chi connectivity index (χ2v) is 4.63. The lowest BCUT2D eigenvalue weighted by atomic mass is 10.0. The Morgan fingerprint density at radius 1 is 1.30 bits per heavy atom. The third kappa shape index (κ3) is 2.18. The van der Waals surface area contributed by atoms with Crippen LogP contribution in [0.2, 0.25) is 0 Å². The van der Waals surface area contributed by atoms with E-state index >= 15 is 0 Å². The molecule has 102 valence electrons. The molecule has 0 bridgehead atoms. The summed E-state index contributed by atoms with van der Waals surface area (Å²) in [5.74, 6) is -0.331. The number of nitrogens with one attached hydrogen (secondary N) is 1. The lowest BCUT2D eigenvalue weighted by Crippen LogP contribution is -2.22. The fraction of sp³-hybridized carbons (Fsp3) is 0.133. The van der Waals surface area contributed by atoms with Crippen molar-refractivity contribution < 1.29 is 13.9 Å². The molecule has 1 atom stereocenters. The molecule has 0 spiro atoms. The van der Waals surface area contributed by atoms with Crippen molar-refractivity contribution in [3.05, 3.63) is 53.8 Å². The Morgan fingerprint density at radius 3 is 2.90 bits per heavy atom. The van der Waals surface area contributed by atoms with Crippen molar-refractivity contribution in [2.75, 3.05) is 17.7 Å². The van der Waals surface area contributed by atoms with Gasteiger partial charge >= 0.3 is 0 Å². The second kappa shape index (κ2) is 4.85. The third-order valence-electron chi connectivity index (χ3n) is 3.28. The van der Waals surface area contributed by atoms with E-state index in [-0.39, 0.29) is 17.5 Å². The minimum atomic E-state index is -0.502. The number of nitrogen functional groups attached to an aromatic ring is 1. The standard InChI is InChI=1S/C15H13FN2O2/c16-12-6-5-9(7-13(12)17)18-15(19)11-8-20-14-4-2-1-3-10(11)14/h1-7,11H,8,17H2,(H,18,19). The van der Waals surface area contributed by atoms with Gasteiger partial charge in [-0.2, -0.15) is 0 Å². The van der Waals surface area contributed by atoms with Crippen LogP contribution in [0, 0.1) is 5.82 Å². The SMILES string of the molecule is Nc1cc(NC(=O)C2COc3ccccc32)ccc1F. The Balaban J connectivity index is 1.79. The summed E-state index contributed by atoms with van der Waals surface area (Å²) < 4.78 is 18.5. The predicted molar refractivity (Wildman–Crippen MR) is 74.1 cm³/mol. The van der Waals surface area contributed by atoms with Crippen molar-refractivity contribution in [3.8, 4) is 5.75 Å². The fourth-order valence-electron chi connectivity index (χ4n) is 2.23. The highest BCUT2D eigenvalue weighted by molar-refractivity contribution is 5.97. The normalized spacial score (nSPS) is 16.4. The molecule has 3 N–H and O–H groups in total. The fourth-order valence-corrected chi connectivity index (χ4v) is 2.23. The number of nitrogens with two attached hydrogens (primary N) is 1. The number of hydrogen-bond donors (Lipinski definition) is 2. The third-order valence-corrected chi connectivity index (χ3v) is 3.28. The average Bonchev–Trinajstić information content (AvgIpc) is 2.87. The number of fused-ring (bicyclic) bond motifs is 1. The number of ether oxygens (including phenoxy) is 1. The number of halogens is 1. The molecule has 2 aromatic rings. The minimum absolute atomic E-state index is 0.00544. The number of anilines is 2. The van der Waals surface area contributed by atoms with Gasteiger partial charge in [0.2, 0.25) is 5.91 Å². The maximum atomic E-state index is 13.1. The topological polar surface area (TPSA) is 64.3 Å². The van der Waals surface area contributed by atoms with E-state index < -0.39 is 5.82 Å². The number of carbonyl (C=O) groups excluding carboxylic acids is 1. The molecule has 0 radical (unpaired) electrons. The molecule has 4 nitrogen and oxygen atoms in total. The Bertz CT molecular complexity index is 673. The van der Waals surface area contributed by atoms with Crippen LogP contribution in [0.25, 0.3) is 0 Å². The van der Waals surface area contributed by atoms with Gasteiger partial charge in [-0.25, -0.2) is 4.39 Å². The van der Waals surface area contributed by atoms with Crippen molar-refractivity contribution >= 4 is 17.3 Å². The van der Waals surface area contributed by atoms with E-state index in [1.54, 1.807) is 0 Å². The molecule has 1 heterocycles. The molecule has 1 amide bonds. The van der Waals surface area contributed by atoms with Gasteiger partial charge in [0.05, 0.1) is 5.69 Å². The highest BCUT2D eigenvalue weighted by Gasteiger charge is 2.30. The van der Waals surface area contributed by atoms with Crippen LogP contribution in [0.5, 0.6) is 5.75 Å². The van der Waals surface area contributed by atoms with Crippen molar-refractivity contribution in [1.29, 1.82) is 0 Å². The number of hydrogen-bond acceptors (Lipinski definition) is 3. The van der Waals surface area contributed by atoms with E-state index in [0.717, 1.165) is 11.3 Å². The van der Waals surface area contributed by atoms with Crippen LogP contribution >= 0.6 is 0 Å². The van der Waals surface area contributed by atoms with E-state index in [2.05, 4.69) is 5.32 Å². The molecular weight excluding hydrogens is 259 g/mol. The van der Waals surface area contributed by atoms with E-state index in [9.17, 15) is 9.18 Å². The number of carbonyl (C=O) groups is 1. The van der Waals surface area contributed by atoms with Gasteiger partial charge < -0.3 is 15.8 Å². The lowest BCUT2D eigenvalue weighted by molar-refractivity contribution is -0.117. The maximum absolute atomic E-state index is 13.1. The first kappa shape index (κ1) is 12.5. The molecule has 2 aromatic carbocycles. The first-order chi connectivity index (χ1) is 9.65. The van der Waals surface area contributed by atoms with E-state index in [1.807, 2.05) is 24.3 Å². The molecule has 3 rings (SSSR count). The van der Waals surface area contributed by atoms with Crippen molar-refractivity contribution in [2.45, 2.75) is 5.92 Å². The van der Waals surface area contributed by atoms with Crippen LogP contribution in [0.4, 0.5) is 15.8 Å². The Kier molecular flexibility index (Phi) is 3.02. The minimum Gasteiger partial charge on any atom is -0.492 e. The lowest BCUT2D eigenvalue weighted by Gasteiger charge is -2.11. The van der Waals surface area contributed by atoms with Crippen LogP contribution in [0.3, 0.4) is 0 Å². The van der Waals surface area contributed by atoms with Crippen LogP contribution in [-0.2, 0) is 4.79 Å². The molecular formula is C15H13FN2O2. The number of para-hydroxylation sites is 1. The van der Waals surface area contributed by atoms with Crippen LogP contribution in [0.15, 0.2) is 42.5 Å². The van der Waals surface area contributed by atoms with Crippen molar-refractivity contribution in [2.24, 2.45) is 0 Å². The zero-order valence-corrected chi connectivity index (χ0v) is 10.6. The molecule has 5 heteroatoms. The molecule has 0 aromatic heterocycles. The molecule has 0 aliphatic carbocycles. The average molecular weight is 272 g/mol. The highest BCUT2D eigenvalue weighted by Crippen LogP contribution is 2.34. The first-order valence-corrected chi connectivity index (χ1v) is 6.23. The van der Waals surface area contributed by atoms with Gasteiger partial charge in [0.25, 0.3) is 0 Å². The maximum Gasteiger partial charge on any atom is 0.235 e. The quantitative estimate of drug-likeness (QED) is 0.826. The molecule has 0 saturated heterocycles. The van der Waals surface area contributed by atoms with E-state index in [0.29, 0.717) is 12.3 Å². The highest BCUT2D eigenvalue weighted by atomic mass is 19.1. The zero-order valence-electron chi connectivity index (χ0n) is 10.6. The monoisotopic (exact) mass is 272 g/mol. The summed E-state index contributed by atoms with van der Waals surface area (Å²) >= 11 is 0. The summed E-state index contributed by atoms with van der Waals surface area (Å²) in [5.41, 5.74) is 6.81. The number of benzene rings is 2. The molecule has 20 heavy (non-hydrogen) atoms. The van der Waals surface area contributed by atoms with Gasteiger partial charge in [-0.15, -0.1) is 0 Å². The summed E-state index contributed by atoms with van der Waals surface area (Å²) in [6.07, 6.45) is 0. The van der Waals surface area contributed by atoms with Gasteiger partial charge in [-0.1, -0.05) is 18.2 Å². The van der Waals surface area contributed by atoms with Crippen LogP contribution in [-0.4, -0.2) is 12.5 Å². The molecule has 0 fully saturated rings. The van der Waals surface area contributed by atoms with E-state index in [4.69, 9.17) is 10.5 Å². The first-order valence-electron chi connectivity index (χ1n) is 6.23. The summed E-state index contributed by atoms with van der Waals surface area (Å²) in [7, 11) is 0. The van der Waals surface area contributed by atoms with Gasteiger partial charge in [0, 0.05) is 11.3 Å². The van der Waals surface area contributed by atoms with E-state index in [1.165, 1.54) is 18.2 Å². The Labute approximate surface area is 115 Å². The summed E-state index contributed by atoms with van der Waals surface area (Å²) in [4.78, 5) is 12.2. The molecule has 1 unspecified atom stereocenters. The predicted octanol–water partition coefficient (Wildman–Crippen LogP) is 2.52. The van der Waals surface area contributed by atoms with Gasteiger partial charge in [-0.3, -0.25) is 4.79 Å². The van der Waals surface area contributed by atoms with Crippen molar-refractivity contribution in [1.82, 2.24) is 0 Å². The smallest absolute Gasteiger partial charge is 0.235 e. The summed E-state index contributed by atoms with van der Waals surface area (Å²) in [6.45, 7) is 0.307. The molecule has 1 aliphatic rings. The Morgan fingerprint density at radius 2 is 2.10 bits per heavy atom. The van der Waals surface area contributed by atoms with Crippen LogP contribution < -0.4 is 15.8 Å². The van der Waals surface area contributed by atoms with Gasteiger partial charge in [0.1, 0.15) is 24.1 Å². The van der Waals surface area contributed by atoms with Gasteiger partial charge in [-0.05, 0) is 24.3 Å². The largest absolute Gasteiger partial charge is 0.492 e. The van der Waals surface area contributed by atoms with Gasteiger partial charge in [0.15, 0.2) is 0 Å². The zero-order chi connectivity index (χ0) is 14.1. The summed E-state index contributed by atoms with van der Waals surface area (Å²) in [6, 6.07) is 11.5. The number of rotatable bonds is 2. The molecule has 1 aliphatic heterocycles. The second-order valence-electron chi connectivity index (χ2n) is 4.63. The van der Waals surface area contributed by atoms with Crippen LogP contribution in [0.1, 0.15) is 11.5 Å². The number of amides is 1. The Hall–Kier alpha value is -2.56.